The first kappa shape index (κ1) is 23.5. The quantitative estimate of drug-likeness (QED) is 0.540. The Labute approximate surface area is 167 Å². The van der Waals surface area contributed by atoms with Crippen molar-refractivity contribution >= 4 is 17.9 Å². The molecule has 3 amide bonds. The molecular weight excluding hydrogens is 358 g/mol. The highest BCUT2D eigenvalue weighted by atomic mass is 16.5. The number of hydrogen-bond donors (Lipinski definition) is 3. The van der Waals surface area contributed by atoms with E-state index in [0.717, 1.165) is 12.0 Å². The molecule has 0 aliphatic heterocycles. The summed E-state index contributed by atoms with van der Waals surface area (Å²) in [5, 5.41) is 7.94. The molecule has 0 aliphatic rings. The van der Waals surface area contributed by atoms with Gasteiger partial charge in [0.25, 0.3) is 0 Å². The van der Waals surface area contributed by atoms with Gasteiger partial charge in [-0.2, -0.15) is 0 Å². The number of carbonyl (C=O) groups excluding carboxylic acids is 3. The first-order valence-corrected chi connectivity index (χ1v) is 9.79. The number of alkyl carbamates (subject to hydrolysis) is 1. The van der Waals surface area contributed by atoms with Crippen LogP contribution < -0.4 is 16.0 Å². The van der Waals surface area contributed by atoms with E-state index < -0.39 is 18.0 Å². The molecule has 0 saturated heterocycles. The fourth-order valence-corrected chi connectivity index (χ4v) is 2.46. The van der Waals surface area contributed by atoms with Crippen molar-refractivity contribution in [1.29, 1.82) is 0 Å². The Morgan fingerprint density at radius 3 is 2.25 bits per heavy atom. The van der Waals surface area contributed by atoms with Crippen LogP contribution in [0.3, 0.4) is 0 Å². The van der Waals surface area contributed by atoms with Crippen molar-refractivity contribution in [3.8, 4) is 0 Å². The SMILES string of the molecule is CC(C)CCNC(=O)CNC(=O)[C@H](CC(C)C)NC(=O)OCc1ccccc1. The maximum absolute atomic E-state index is 12.4. The predicted octanol–water partition coefficient (Wildman–Crippen LogP) is 2.61. The molecule has 28 heavy (non-hydrogen) atoms. The number of carbonyl (C=O) groups is 3. The molecule has 0 fully saturated rings. The molecule has 7 nitrogen and oxygen atoms in total. The van der Waals surface area contributed by atoms with Crippen molar-refractivity contribution in [2.75, 3.05) is 13.1 Å². The summed E-state index contributed by atoms with van der Waals surface area (Å²) in [4.78, 5) is 36.3. The molecule has 0 heterocycles. The van der Waals surface area contributed by atoms with Gasteiger partial charge in [0.15, 0.2) is 0 Å². The van der Waals surface area contributed by atoms with Crippen molar-refractivity contribution in [2.45, 2.75) is 53.2 Å². The molecule has 0 bridgehead atoms. The first-order chi connectivity index (χ1) is 13.3. The van der Waals surface area contributed by atoms with Gasteiger partial charge in [0.2, 0.25) is 11.8 Å². The molecule has 1 aromatic carbocycles. The van der Waals surface area contributed by atoms with Crippen LogP contribution in [0, 0.1) is 11.8 Å². The Bertz CT molecular complexity index is 617. The van der Waals surface area contributed by atoms with E-state index in [-0.39, 0.29) is 25.0 Å². The Morgan fingerprint density at radius 2 is 1.64 bits per heavy atom. The molecule has 1 rings (SSSR count). The lowest BCUT2D eigenvalue weighted by molar-refractivity contribution is -0.127. The van der Waals surface area contributed by atoms with Gasteiger partial charge in [-0.25, -0.2) is 4.79 Å². The Hall–Kier alpha value is -2.57. The zero-order valence-electron chi connectivity index (χ0n) is 17.3. The van der Waals surface area contributed by atoms with E-state index in [2.05, 4.69) is 29.8 Å². The highest BCUT2D eigenvalue weighted by molar-refractivity contribution is 5.89. The van der Waals surface area contributed by atoms with E-state index in [1.807, 2.05) is 44.2 Å². The largest absolute Gasteiger partial charge is 0.445 e. The van der Waals surface area contributed by atoms with E-state index in [4.69, 9.17) is 4.74 Å². The van der Waals surface area contributed by atoms with Crippen LogP contribution in [0.15, 0.2) is 30.3 Å². The molecule has 156 valence electrons. The Morgan fingerprint density at radius 1 is 0.964 bits per heavy atom. The number of ether oxygens (including phenoxy) is 1. The second-order valence-electron chi connectivity index (χ2n) is 7.64. The van der Waals surface area contributed by atoms with Gasteiger partial charge in [0.1, 0.15) is 12.6 Å². The monoisotopic (exact) mass is 391 g/mol. The van der Waals surface area contributed by atoms with Crippen LogP contribution >= 0.6 is 0 Å². The van der Waals surface area contributed by atoms with Gasteiger partial charge in [0, 0.05) is 6.54 Å². The zero-order valence-corrected chi connectivity index (χ0v) is 17.3. The van der Waals surface area contributed by atoms with Gasteiger partial charge in [-0.1, -0.05) is 58.0 Å². The molecule has 7 heteroatoms. The summed E-state index contributed by atoms with van der Waals surface area (Å²) < 4.78 is 5.18. The van der Waals surface area contributed by atoms with E-state index in [9.17, 15) is 14.4 Å². The lowest BCUT2D eigenvalue weighted by atomic mass is 10.0. The van der Waals surface area contributed by atoms with Crippen LogP contribution in [-0.2, 0) is 20.9 Å². The van der Waals surface area contributed by atoms with Crippen molar-refractivity contribution in [3.05, 3.63) is 35.9 Å². The van der Waals surface area contributed by atoms with Crippen LogP contribution in [0.25, 0.3) is 0 Å². The van der Waals surface area contributed by atoms with Crippen LogP contribution in [-0.4, -0.2) is 37.0 Å². The third kappa shape index (κ3) is 10.5. The highest BCUT2D eigenvalue weighted by Crippen LogP contribution is 2.06. The molecule has 0 radical (unpaired) electrons. The van der Waals surface area contributed by atoms with E-state index in [1.165, 1.54) is 0 Å². The van der Waals surface area contributed by atoms with Crippen LogP contribution in [0.1, 0.15) is 46.1 Å². The first-order valence-electron chi connectivity index (χ1n) is 9.79. The van der Waals surface area contributed by atoms with Crippen molar-refractivity contribution in [1.82, 2.24) is 16.0 Å². The van der Waals surface area contributed by atoms with Gasteiger partial charge in [-0.15, -0.1) is 0 Å². The minimum Gasteiger partial charge on any atom is -0.445 e. The molecule has 0 saturated carbocycles. The molecule has 1 aromatic rings. The van der Waals surface area contributed by atoms with Crippen LogP contribution in [0.2, 0.25) is 0 Å². The number of amides is 3. The fourth-order valence-electron chi connectivity index (χ4n) is 2.46. The highest BCUT2D eigenvalue weighted by Gasteiger charge is 2.23. The van der Waals surface area contributed by atoms with Crippen molar-refractivity contribution < 1.29 is 19.1 Å². The third-order valence-corrected chi connectivity index (χ3v) is 4.00. The number of benzene rings is 1. The summed E-state index contributed by atoms with van der Waals surface area (Å²) in [7, 11) is 0. The standard InChI is InChI=1S/C21H33N3O4/c1-15(2)10-11-22-19(25)13-23-20(26)18(12-16(3)4)24-21(27)28-14-17-8-6-5-7-9-17/h5-9,15-16,18H,10-14H2,1-4H3,(H,22,25)(H,23,26)(H,24,27)/t18-/m0/s1. The van der Waals surface area contributed by atoms with Gasteiger partial charge >= 0.3 is 6.09 Å². The Kier molecular flexibility index (Phi) is 10.7. The Balaban J connectivity index is 2.45. The summed E-state index contributed by atoms with van der Waals surface area (Å²) >= 11 is 0. The maximum atomic E-state index is 12.4. The number of hydrogen-bond acceptors (Lipinski definition) is 4. The van der Waals surface area contributed by atoms with Gasteiger partial charge in [0.05, 0.1) is 6.54 Å². The number of rotatable bonds is 11. The molecule has 0 spiro atoms. The maximum Gasteiger partial charge on any atom is 0.408 e. The summed E-state index contributed by atoms with van der Waals surface area (Å²) in [6.07, 6.45) is 0.664. The fraction of sp³-hybridized carbons (Fsp3) is 0.571. The molecule has 0 aliphatic carbocycles. The molecule has 0 aromatic heterocycles. The zero-order chi connectivity index (χ0) is 20.9. The number of nitrogens with one attached hydrogen (secondary N) is 3. The van der Waals surface area contributed by atoms with Crippen molar-refractivity contribution in [2.24, 2.45) is 11.8 Å². The van der Waals surface area contributed by atoms with Gasteiger partial charge in [-0.3, -0.25) is 9.59 Å². The summed E-state index contributed by atoms with van der Waals surface area (Å²) in [6.45, 7) is 8.64. The topological polar surface area (TPSA) is 96.5 Å². The predicted molar refractivity (Wildman–Crippen MR) is 108 cm³/mol. The minimum atomic E-state index is -0.758. The van der Waals surface area contributed by atoms with Crippen LogP contribution in [0.4, 0.5) is 4.79 Å². The normalized spacial score (nSPS) is 11.8. The van der Waals surface area contributed by atoms with Gasteiger partial charge < -0.3 is 20.7 Å². The summed E-state index contributed by atoms with van der Waals surface area (Å²) in [5.74, 6) is 0.0368. The lowest BCUT2D eigenvalue weighted by Crippen LogP contribution is -2.49. The van der Waals surface area contributed by atoms with Gasteiger partial charge in [-0.05, 0) is 30.2 Å². The van der Waals surface area contributed by atoms with Crippen molar-refractivity contribution in [3.63, 3.8) is 0 Å². The van der Waals surface area contributed by atoms with E-state index in [1.54, 1.807) is 0 Å². The minimum absolute atomic E-state index is 0.119. The molecule has 0 unspecified atom stereocenters. The average Bonchev–Trinajstić information content (AvgIpc) is 2.64. The molecule has 3 N–H and O–H groups in total. The third-order valence-electron chi connectivity index (χ3n) is 4.00. The van der Waals surface area contributed by atoms with E-state index >= 15 is 0 Å². The van der Waals surface area contributed by atoms with Crippen LogP contribution in [0.5, 0.6) is 0 Å². The summed E-state index contributed by atoms with van der Waals surface area (Å²) in [5.41, 5.74) is 0.862. The lowest BCUT2D eigenvalue weighted by Gasteiger charge is -2.20. The molecule has 1 atom stereocenters. The molecular formula is C21H33N3O4. The smallest absolute Gasteiger partial charge is 0.408 e. The second kappa shape index (κ2) is 12.8. The summed E-state index contributed by atoms with van der Waals surface area (Å²) in [6, 6.07) is 8.54. The second-order valence-corrected chi connectivity index (χ2v) is 7.64. The van der Waals surface area contributed by atoms with E-state index in [0.29, 0.717) is 18.9 Å². The average molecular weight is 392 g/mol.